The van der Waals surface area contributed by atoms with E-state index in [-0.39, 0.29) is 27.6 Å². The van der Waals surface area contributed by atoms with Gasteiger partial charge in [-0.15, -0.1) is 0 Å². The molecular weight excluding hydrogens is 406 g/mol. The molecule has 9 heteroatoms. The maximum absolute atomic E-state index is 12.9. The van der Waals surface area contributed by atoms with Crippen molar-refractivity contribution in [1.82, 2.24) is 9.62 Å². The highest BCUT2D eigenvalue weighted by atomic mass is 32.2. The summed E-state index contributed by atoms with van der Waals surface area (Å²) in [7, 11) is -3.61. The Balaban J connectivity index is 1.51. The van der Waals surface area contributed by atoms with Crippen LogP contribution in [0.25, 0.3) is 0 Å². The van der Waals surface area contributed by atoms with Gasteiger partial charge in [-0.25, -0.2) is 8.42 Å². The number of fused-ring (bicyclic) bond motifs is 1. The van der Waals surface area contributed by atoms with E-state index in [1.807, 2.05) is 6.92 Å². The Kier molecular flexibility index (Phi) is 5.17. The summed E-state index contributed by atoms with van der Waals surface area (Å²) in [5.41, 5.74) is 1.11. The monoisotopic (exact) mass is 427 g/mol. The van der Waals surface area contributed by atoms with Crippen LogP contribution in [0.3, 0.4) is 0 Å². The van der Waals surface area contributed by atoms with Crippen LogP contribution < -0.4 is 10.6 Å². The number of carbonyl (C=O) groups excluding carboxylic acids is 3. The van der Waals surface area contributed by atoms with Gasteiger partial charge in [0.2, 0.25) is 10.0 Å². The van der Waals surface area contributed by atoms with Crippen molar-refractivity contribution in [3.63, 3.8) is 0 Å². The van der Waals surface area contributed by atoms with Crippen LogP contribution in [-0.4, -0.2) is 43.0 Å². The first kappa shape index (κ1) is 20.2. The fourth-order valence-electron chi connectivity index (χ4n) is 3.79. The van der Waals surface area contributed by atoms with Crippen LogP contribution in [0, 0.1) is 0 Å². The maximum atomic E-state index is 12.9. The lowest BCUT2D eigenvalue weighted by Crippen LogP contribution is -2.41. The first-order chi connectivity index (χ1) is 14.3. The van der Waals surface area contributed by atoms with Gasteiger partial charge in [0, 0.05) is 23.8 Å². The Morgan fingerprint density at radius 2 is 1.73 bits per heavy atom. The number of rotatable bonds is 4. The first-order valence-corrected chi connectivity index (χ1v) is 11.1. The van der Waals surface area contributed by atoms with E-state index in [2.05, 4.69) is 10.6 Å². The number of hydrogen-bond donors (Lipinski definition) is 2. The summed E-state index contributed by atoms with van der Waals surface area (Å²) in [4.78, 5) is 36.1. The second kappa shape index (κ2) is 7.66. The molecular formula is C21H21N3O5S. The SMILES string of the molecule is C[C@@H]1CCCCN1S(=O)(=O)c1ccc(C(=O)Nc2ccc3c(c2)C(=O)NC3=O)cc1. The lowest BCUT2D eigenvalue weighted by Gasteiger charge is -2.32. The summed E-state index contributed by atoms with van der Waals surface area (Å²) in [6, 6.07) is 10.2. The number of nitrogens with one attached hydrogen (secondary N) is 2. The van der Waals surface area contributed by atoms with Crippen LogP contribution in [0.15, 0.2) is 47.4 Å². The van der Waals surface area contributed by atoms with E-state index >= 15 is 0 Å². The van der Waals surface area contributed by atoms with Gasteiger partial charge in [0.1, 0.15) is 0 Å². The number of anilines is 1. The Hall–Kier alpha value is -3.04. The topological polar surface area (TPSA) is 113 Å². The third-order valence-corrected chi connectivity index (χ3v) is 7.49. The number of imide groups is 1. The fraction of sp³-hybridized carbons (Fsp3) is 0.286. The predicted octanol–water partition coefficient (Wildman–Crippen LogP) is 2.39. The average Bonchev–Trinajstić information content (AvgIpc) is 3.01. The number of amides is 3. The minimum atomic E-state index is -3.61. The molecule has 0 unspecified atom stereocenters. The third kappa shape index (κ3) is 3.61. The number of hydrogen-bond acceptors (Lipinski definition) is 5. The highest BCUT2D eigenvalue weighted by Crippen LogP contribution is 2.26. The molecule has 2 aromatic carbocycles. The lowest BCUT2D eigenvalue weighted by atomic mass is 10.1. The van der Waals surface area contributed by atoms with Crippen LogP contribution >= 0.6 is 0 Å². The van der Waals surface area contributed by atoms with Gasteiger partial charge in [0.15, 0.2) is 0 Å². The predicted molar refractivity (Wildman–Crippen MR) is 110 cm³/mol. The maximum Gasteiger partial charge on any atom is 0.259 e. The normalized spacial score (nSPS) is 19.3. The smallest absolute Gasteiger partial charge is 0.259 e. The van der Waals surface area contributed by atoms with Crippen molar-refractivity contribution in [1.29, 1.82) is 0 Å². The molecule has 0 bridgehead atoms. The van der Waals surface area contributed by atoms with Crippen molar-refractivity contribution in [3.05, 3.63) is 59.2 Å². The molecule has 156 valence electrons. The zero-order valence-electron chi connectivity index (χ0n) is 16.3. The summed E-state index contributed by atoms with van der Waals surface area (Å²) in [5.74, 6) is -1.42. The molecule has 2 aliphatic rings. The average molecular weight is 427 g/mol. The molecule has 1 saturated heterocycles. The summed E-state index contributed by atoms with van der Waals surface area (Å²) >= 11 is 0. The van der Waals surface area contributed by atoms with E-state index in [0.29, 0.717) is 12.2 Å². The molecule has 2 aliphatic heterocycles. The molecule has 30 heavy (non-hydrogen) atoms. The van der Waals surface area contributed by atoms with E-state index in [0.717, 1.165) is 19.3 Å². The molecule has 0 radical (unpaired) electrons. The van der Waals surface area contributed by atoms with Crippen LogP contribution in [-0.2, 0) is 10.0 Å². The summed E-state index contributed by atoms with van der Waals surface area (Å²) in [5, 5.41) is 4.86. The zero-order valence-corrected chi connectivity index (χ0v) is 17.2. The van der Waals surface area contributed by atoms with Gasteiger partial charge in [0.05, 0.1) is 16.0 Å². The Bertz CT molecular complexity index is 1140. The molecule has 0 aliphatic carbocycles. The number of carbonyl (C=O) groups is 3. The zero-order chi connectivity index (χ0) is 21.5. The number of nitrogens with zero attached hydrogens (tertiary/aromatic N) is 1. The molecule has 8 nitrogen and oxygen atoms in total. The molecule has 4 rings (SSSR count). The molecule has 0 spiro atoms. The number of piperidine rings is 1. The van der Waals surface area contributed by atoms with Crippen molar-refractivity contribution >= 4 is 33.4 Å². The molecule has 1 fully saturated rings. The Morgan fingerprint density at radius 3 is 2.43 bits per heavy atom. The van der Waals surface area contributed by atoms with Gasteiger partial charge in [-0.2, -0.15) is 4.31 Å². The first-order valence-electron chi connectivity index (χ1n) is 9.70. The van der Waals surface area contributed by atoms with Crippen molar-refractivity contribution in [3.8, 4) is 0 Å². The minimum absolute atomic E-state index is 0.0457. The molecule has 2 heterocycles. The molecule has 2 N–H and O–H groups in total. The van der Waals surface area contributed by atoms with Crippen molar-refractivity contribution in [2.75, 3.05) is 11.9 Å². The van der Waals surface area contributed by atoms with Crippen LogP contribution in [0.5, 0.6) is 0 Å². The standard InChI is InChI=1S/C21H21N3O5S/c1-13-4-2-3-11-24(13)30(28,29)16-8-5-14(6-9-16)19(25)22-15-7-10-17-18(12-15)21(27)23-20(17)26/h5-10,12-13H,2-4,11H2,1H3,(H,22,25)(H,23,26,27)/t13-/m1/s1. The van der Waals surface area contributed by atoms with Gasteiger partial charge in [-0.05, 0) is 62.2 Å². The summed E-state index contributed by atoms with van der Waals surface area (Å²) in [6.45, 7) is 2.41. The highest BCUT2D eigenvalue weighted by Gasteiger charge is 2.31. The number of benzene rings is 2. The van der Waals surface area contributed by atoms with Crippen molar-refractivity contribution in [2.45, 2.75) is 37.1 Å². The van der Waals surface area contributed by atoms with Gasteiger partial charge >= 0.3 is 0 Å². The van der Waals surface area contributed by atoms with Gasteiger partial charge < -0.3 is 5.32 Å². The summed E-state index contributed by atoms with van der Waals surface area (Å²) in [6.07, 6.45) is 2.70. The third-order valence-electron chi connectivity index (χ3n) is 5.46. The minimum Gasteiger partial charge on any atom is -0.322 e. The van der Waals surface area contributed by atoms with E-state index in [1.54, 1.807) is 0 Å². The quantitative estimate of drug-likeness (QED) is 0.728. The second-order valence-electron chi connectivity index (χ2n) is 7.48. The van der Waals surface area contributed by atoms with E-state index in [1.165, 1.54) is 46.8 Å². The molecule has 2 aromatic rings. The number of sulfonamides is 1. The highest BCUT2D eigenvalue weighted by molar-refractivity contribution is 7.89. The fourth-order valence-corrected chi connectivity index (χ4v) is 5.49. The van der Waals surface area contributed by atoms with Crippen LogP contribution in [0.1, 0.15) is 57.3 Å². The van der Waals surface area contributed by atoms with E-state index < -0.39 is 27.7 Å². The van der Waals surface area contributed by atoms with E-state index in [4.69, 9.17) is 0 Å². The molecule has 0 saturated carbocycles. The van der Waals surface area contributed by atoms with Crippen molar-refractivity contribution < 1.29 is 22.8 Å². The van der Waals surface area contributed by atoms with Gasteiger partial charge in [-0.3, -0.25) is 19.7 Å². The Labute approximate surface area is 174 Å². The molecule has 3 amide bonds. The largest absolute Gasteiger partial charge is 0.322 e. The summed E-state index contributed by atoms with van der Waals surface area (Å²) < 4.78 is 27.3. The van der Waals surface area contributed by atoms with Crippen molar-refractivity contribution in [2.24, 2.45) is 0 Å². The Morgan fingerprint density at radius 1 is 1.03 bits per heavy atom. The lowest BCUT2D eigenvalue weighted by molar-refractivity contribution is 0.0878. The molecule has 1 atom stereocenters. The van der Waals surface area contributed by atoms with E-state index in [9.17, 15) is 22.8 Å². The second-order valence-corrected chi connectivity index (χ2v) is 9.37. The van der Waals surface area contributed by atoms with Gasteiger partial charge in [-0.1, -0.05) is 6.42 Å². The van der Waals surface area contributed by atoms with Crippen LogP contribution in [0.4, 0.5) is 5.69 Å². The van der Waals surface area contributed by atoms with Crippen LogP contribution in [0.2, 0.25) is 0 Å². The van der Waals surface area contributed by atoms with Gasteiger partial charge in [0.25, 0.3) is 17.7 Å². The molecule has 0 aromatic heterocycles.